The maximum absolute atomic E-state index is 9.30. The van der Waals surface area contributed by atoms with Crippen molar-refractivity contribution in [2.24, 2.45) is 0 Å². The molecular weight excluding hydrogens is 256 g/mol. The van der Waals surface area contributed by atoms with Crippen LogP contribution >= 0.6 is 0 Å². The maximum atomic E-state index is 9.30. The molecule has 0 unspecified atom stereocenters. The fourth-order valence-corrected chi connectivity index (χ4v) is 2.70. The third-order valence-corrected chi connectivity index (χ3v) is 3.65. The molecule has 1 saturated carbocycles. The smallest absolute Gasteiger partial charge is 0.242 e. The lowest BCUT2D eigenvalue weighted by Crippen LogP contribution is -2.37. The second kappa shape index (κ2) is 7.28. The first kappa shape index (κ1) is 14.8. The van der Waals surface area contributed by atoms with Gasteiger partial charge in [-0.25, -0.2) is 4.98 Å². The normalized spacial score (nSPS) is 15.5. The molecule has 1 heterocycles. The molecule has 3 N–H and O–H groups in total. The van der Waals surface area contributed by atoms with E-state index in [0.29, 0.717) is 36.6 Å². The number of aliphatic hydroxyl groups excluding tert-OH is 1. The fourth-order valence-electron chi connectivity index (χ4n) is 2.70. The SMILES string of the molecule is CCCOc1ncnc(N(CCO)C2CCCC2)c1N. The van der Waals surface area contributed by atoms with Gasteiger partial charge in [-0.1, -0.05) is 19.8 Å². The highest BCUT2D eigenvalue weighted by atomic mass is 16.5. The van der Waals surface area contributed by atoms with E-state index in [4.69, 9.17) is 10.5 Å². The Morgan fingerprint density at radius 2 is 2.15 bits per heavy atom. The first-order chi connectivity index (χ1) is 9.77. The van der Waals surface area contributed by atoms with Crippen LogP contribution in [0.3, 0.4) is 0 Å². The van der Waals surface area contributed by atoms with E-state index < -0.39 is 0 Å². The largest absolute Gasteiger partial charge is 0.476 e. The minimum absolute atomic E-state index is 0.0884. The Morgan fingerprint density at radius 1 is 1.40 bits per heavy atom. The number of hydrogen-bond donors (Lipinski definition) is 2. The zero-order chi connectivity index (χ0) is 14.4. The van der Waals surface area contributed by atoms with Gasteiger partial charge in [-0.3, -0.25) is 0 Å². The molecular formula is C14H24N4O2. The van der Waals surface area contributed by atoms with Crippen LogP contribution in [0.5, 0.6) is 5.88 Å². The van der Waals surface area contributed by atoms with Gasteiger partial charge in [-0.05, 0) is 19.3 Å². The lowest BCUT2D eigenvalue weighted by molar-refractivity contribution is 0.295. The number of aliphatic hydroxyl groups is 1. The summed E-state index contributed by atoms with van der Waals surface area (Å²) in [5.41, 5.74) is 6.62. The van der Waals surface area contributed by atoms with Gasteiger partial charge in [-0.2, -0.15) is 4.98 Å². The highest BCUT2D eigenvalue weighted by Gasteiger charge is 2.26. The van der Waals surface area contributed by atoms with E-state index in [1.165, 1.54) is 19.2 Å². The summed E-state index contributed by atoms with van der Waals surface area (Å²) < 4.78 is 5.55. The second-order valence-electron chi connectivity index (χ2n) is 5.12. The van der Waals surface area contributed by atoms with Crippen LogP contribution in [0.2, 0.25) is 0 Å². The van der Waals surface area contributed by atoms with E-state index in [1.54, 1.807) is 0 Å². The third kappa shape index (κ3) is 3.30. The number of rotatable bonds is 7. The molecule has 0 atom stereocenters. The van der Waals surface area contributed by atoms with E-state index in [1.807, 2.05) is 6.92 Å². The van der Waals surface area contributed by atoms with Gasteiger partial charge in [0.1, 0.15) is 12.0 Å². The first-order valence-electron chi connectivity index (χ1n) is 7.38. The Labute approximate surface area is 120 Å². The van der Waals surface area contributed by atoms with Crippen molar-refractivity contribution in [3.63, 3.8) is 0 Å². The summed E-state index contributed by atoms with van der Waals surface area (Å²) in [4.78, 5) is 10.5. The van der Waals surface area contributed by atoms with Gasteiger partial charge >= 0.3 is 0 Å². The summed E-state index contributed by atoms with van der Waals surface area (Å²) in [5.74, 6) is 1.13. The van der Waals surface area contributed by atoms with E-state index in [2.05, 4.69) is 14.9 Å². The van der Waals surface area contributed by atoms with Gasteiger partial charge in [0.25, 0.3) is 0 Å². The summed E-state index contributed by atoms with van der Waals surface area (Å²) in [6, 6.07) is 0.401. The summed E-state index contributed by atoms with van der Waals surface area (Å²) in [6.45, 7) is 3.25. The van der Waals surface area contributed by atoms with Crippen LogP contribution in [0, 0.1) is 0 Å². The maximum Gasteiger partial charge on any atom is 0.242 e. The van der Waals surface area contributed by atoms with Crippen molar-refractivity contribution in [3.8, 4) is 5.88 Å². The quantitative estimate of drug-likeness (QED) is 0.789. The van der Waals surface area contributed by atoms with Crippen molar-refractivity contribution >= 4 is 11.5 Å². The Bertz CT molecular complexity index is 422. The molecule has 20 heavy (non-hydrogen) atoms. The van der Waals surface area contributed by atoms with Crippen LogP contribution in [0.1, 0.15) is 39.0 Å². The topological polar surface area (TPSA) is 84.5 Å². The van der Waals surface area contributed by atoms with Crippen LogP contribution in [0.15, 0.2) is 6.33 Å². The zero-order valence-corrected chi connectivity index (χ0v) is 12.1. The first-order valence-corrected chi connectivity index (χ1v) is 7.38. The lowest BCUT2D eigenvalue weighted by atomic mass is 10.2. The molecule has 0 radical (unpaired) electrons. The molecule has 6 nitrogen and oxygen atoms in total. The summed E-state index contributed by atoms with van der Waals surface area (Å²) in [5, 5.41) is 9.30. The molecule has 1 aliphatic rings. The molecule has 6 heteroatoms. The minimum atomic E-state index is 0.0884. The summed E-state index contributed by atoms with van der Waals surface area (Å²) in [7, 11) is 0. The highest BCUT2D eigenvalue weighted by molar-refractivity contribution is 5.68. The monoisotopic (exact) mass is 280 g/mol. The molecule has 1 aromatic rings. The van der Waals surface area contributed by atoms with Crippen LogP contribution in [0.25, 0.3) is 0 Å². The Hall–Kier alpha value is -1.56. The molecule has 2 rings (SSSR count). The highest BCUT2D eigenvalue weighted by Crippen LogP contribution is 2.33. The van der Waals surface area contributed by atoms with Gasteiger partial charge in [0, 0.05) is 12.6 Å². The van der Waals surface area contributed by atoms with Crippen molar-refractivity contribution in [1.29, 1.82) is 0 Å². The van der Waals surface area contributed by atoms with Crippen molar-refractivity contribution in [2.75, 3.05) is 30.4 Å². The Morgan fingerprint density at radius 3 is 2.80 bits per heavy atom. The number of nitrogens with zero attached hydrogens (tertiary/aromatic N) is 3. The van der Waals surface area contributed by atoms with Crippen LogP contribution in [-0.4, -0.2) is 40.9 Å². The number of nitrogen functional groups attached to an aromatic ring is 1. The standard InChI is InChI=1S/C14H24N4O2/c1-2-9-20-14-12(15)13(16-10-17-14)18(7-8-19)11-5-3-4-6-11/h10-11,19H,2-9,15H2,1H3. The predicted octanol–water partition coefficient (Wildman–Crippen LogP) is 1.59. The average molecular weight is 280 g/mol. The summed E-state index contributed by atoms with van der Waals surface area (Å²) in [6.07, 6.45) is 7.06. The number of aromatic nitrogens is 2. The number of anilines is 2. The fraction of sp³-hybridized carbons (Fsp3) is 0.714. The zero-order valence-electron chi connectivity index (χ0n) is 12.1. The minimum Gasteiger partial charge on any atom is -0.476 e. The van der Waals surface area contributed by atoms with E-state index in [-0.39, 0.29) is 6.61 Å². The Kier molecular flexibility index (Phi) is 5.40. The molecule has 112 valence electrons. The molecule has 1 aliphatic carbocycles. The number of nitrogens with two attached hydrogens (primary N) is 1. The number of hydrogen-bond acceptors (Lipinski definition) is 6. The lowest BCUT2D eigenvalue weighted by Gasteiger charge is -2.30. The predicted molar refractivity (Wildman–Crippen MR) is 78.9 cm³/mol. The molecule has 0 saturated heterocycles. The van der Waals surface area contributed by atoms with Crippen molar-refractivity contribution in [3.05, 3.63) is 6.33 Å². The van der Waals surface area contributed by atoms with Crippen LogP contribution in [0.4, 0.5) is 11.5 Å². The molecule has 0 aliphatic heterocycles. The van der Waals surface area contributed by atoms with Crippen molar-refractivity contribution in [1.82, 2.24) is 9.97 Å². The van der Waals surface area contributed by atoms with Gasteiger partial charge in [0.2, 0.25) is 5.88 Å². The van der Waals surface area contributed by atoms with E-state index in [9.17, 15) is 5.11 Å². The molecule has 0 spiro atoms. The molecule has 1 aromatic heterocycles. The van der Waals surface area contributed by atoms with Crippen LogP contribution < -0.4 is 15.4 Å². The molecule has 0 amide bonds. The summed E-state index contributed by atoms with van der Waals surface area (Å²) >= 11 is 0. The van der Waals surface area contributed by atoms with Crippen molar-refractivity contribution in [2.45, 2.75) is 45.1 Å². The van der Waals surface area contributed by atoms with Gasteiger partial charge in [-0.15, -0.1) is 0 Å². The van der Waals surface area contributed by atoms with E-state index in [0.717, 1.165) is 19.3 Å². The average Bonchev–Trinajstić information content (AvgIpc) is 2.98. The van der Waals surface area contributed by atoms with Gasteiger partial charge in [0.15, 0.2) is 5.82 Å². The number of ether oxygens (including phenoxy) is 1. The molecule has 0 aromatic carbocycles. The Balaban J connectivity index is 2.22. The second-order valence-corrected chi connectivity index (χ2v) is 5.12. The van der Waals surface area contributed by atoms with Crippen molar-refractivity contribution < 1.29 is 9.84 Å². The van der Waals surface area contributed by atoms with Crippen LogP contribution in [-0.2, 0) is 0 Å². The van der Waals surface area contributed by atoms with E-state index >= 15 is 0 Å². The molecule has 0 bridgehead atoms. The van der Waals surface area contributed by atoms with Gasteiger partial charge < -0.3 is 20.5 Å². The van der Waals surface area contributed by atoms with Gasteiger partial charge in [0.05, 0.1) is 13.2 Å². The molecule has 1 fully saturated rings. The third-order valence-electron chi connectivity index (χ3n) is 3.65.